The standard InChI is InChI=1S/C15H12F3N3O2/c1-21-7-6-10(14(21)23-15(16,17)18)13(22)20-12-8-19-11-5-3-2-4-9(11)12/h2-7,19H,8H2,1H3. The quantitative estimate of drug-likeness (QED) is 0.924. The summed E-state index contributed by atoms with van der Waals surface area (Å²) < 4.78 is 42.4. The number of anilines is 1. The van der Waals surface area contributed by atoms with Crippen LogP contribution < -0.4 is 10.1 Å². The van der Waals surface area contributed by atoms with Crippen LogP contribution in [-0.4, -0.2) is 29.1 Å². The number of aliphatic imine (C=N–C) groups is 1. The monoisotopic (exact) mass is 323 g/mol. The Morgan fingerprint density at radius 1 is 1.30 bits per heavy atom. The van der Waals surface area contributed by atoms with Gasteiger partial charge < -0.3 is 14.6 Å². The van der Waals surface area contributed by atoms with Crippen molar-refractivity contribution in [3.05, 3.63) is 47.7 Å². The van der Waals surface area contributed by atoms with Gasteiger partial charge in [-0.15, -0.1) is 13.2 Å². The van der Waals surface area contributed by atoms with E-state index >= 15 is 0 Å². The molecule has 1 amide bonds. The fourth-order valence-corrected chi connectivity index (χ4v) is 2.36. The lowest BCUT2D eigenvalue weighted by molar-refractivity contribution is -0.277. The predicted molar refractivity (Wildman–Crippen MR) is 77.9 cm³/mol. The Labute approximate surface area is 129 Å². The van der Waals surface area contributed by atoms with Gasteiger partial charge in [-0.1, -0.05) is 18.2 Å². The Hall–Kier alpha value is -2.77. The number of hydrogen-bond donors (Lipinski definition) is 1. The number of nitrogens with one attached hydrogen (secondary N) is 1. The molecule has 5 nitrogen and oxygen atoms in total. The molecule has 1 aliphatic rings. The Bertz CT molecular complexity index is 794. The number of aryl methyl sites for hydroxylation is 1. The largest absolute Gasteiger partial charge is 0.574 e. The molecule has 120 valence electrons. The van der Waals surface area contributed by atoms with Gasteiger partial charge in [-0.2, -0.15) is 0 Å². The van der Waals surface area contributed by atoms with Crippen LogP contribution in [0.3, 0.4) is 0 Å². The molecule has 0 spiro atoms. The van der Waals surface area contributed by atoms with Crippen molar-refractivity contribution >= 4 is 17.3 Å². The summed E-state index contributed by atoms with van der Waals surface area (Å²) in [5, 5.41) is 3.07. The van der Waals surface area contributed by atoms with Crippen LogP contribution >= 0.6 is 0 Å². The van der Waals surface area contributed by atoms with E-state index in [1.165, 1.54) is 19.3 Å². The molecule has 23 heavy (non-hydrogen) atoms. The van der Waals surface area contributed by atoms with Gasteiger partial charge in [0.05, 0.1) is 12.3 Å². The number of carbonyl (C=O) groups is 1. The molecule has 2 heterocycles. The maximum Gasteiger partial charge on any atom is 0.574 e. The molecular formula is C15H12F3N3O2. The molecule has 0 atom stereocenters. The molecule has 1 aliphatic heterocycles. The van der Waals surface area contributed by atoms with Crippen LogP contribution in [-0.2, 0) is 7.05 Å². The molecule has 0 bridgehead atoms. The van der Waals surface area contributed by atoms with Gasteiger partial charge in [-0.3, -0.25) is 4.79 Å². The van der Waals surface area contributed by atoms with Crippen molar-refractivity contribution in [3.63, 3.8) is 0 Å². The van der Waals surface area contributed by atoms with Crippen molar-refractivity contribution < 1.29 is 22.7 Å². The number of para-hydroxylation sites is 1. The highest BCUT2D eigenvalue weighted by atomic mass is 19.4. The van der Waals surface area contributed by atoms with Crippen LogP contribution in [0.1, 0.15) is 15.9 Å². The lowest BCUT2D eigenvalue weighted by atomic mass is 10.1. The molecule has 0 unspecified atom stereocenters. The van der Waals surface area contributed by atoms with Gasteiger partial charge in [-0.25, -0.2) is 4.99 Å². The number of hydrogen-bond acceptors (Lipinski definition) is 3. The number of alkyl halides is 3. The van der Waals surface area contributed by atoms with Crippen LogP contribution in [0.25, 0.3) is 0 Å². The van der Waals surface area contributed by atoms with Crippen molar-refractivity contribution in [3.8, 4) is 5.88 Å². The fourth-order valence-electron chi connectivity index (χ4n) is 2.36. The third kappa shape index (κ3) is 3.05. The summed E-state index contributed by atoms with van der Waals surface area (Å²) in [7, 11) is 1.36. The molecule has 0 radical (unpaired) electrons. The maximum atomic E-state index is 12.5. The van der Waals surface area contributed by atoms with Crippen LogP contribution in [0.15, 0.2) is 41.5 Å². The minimum absolute atomic E-state index is 0.235. The second-order valence-corrected chi connectivity index (χ2v) is 4.96. The number of aromatic nitrogens is 1. The molecule has 0 saturated heterocycles. The van der Waals surface area contributed by atoms with Crippen molar-refractivity contribution in [1.29, 1.82) is 0 Å². The van der Waals surface area contributed by atoms with Gasteiger partial charge in [0.15, 0.2) is 0 Å². The Morgan fingerprint density at radius 3 is 2.78 bits per heavy atom. The summed E-state index contributed by atoms with van der Waals surface area (Å²) in [6, 6.07) is 8.51. The molecule has 1 aromatic heterocycles. The lowest BCUT2D eigenvalue weighted by Crippen LogP contribution is -2.20. The van der Waals surface area contributed by atoms with E-state index in [2.05, 4.69) is 15.0 Å². The molecule has 3 rings (SSSR count). The zero-order valence-electron chi connectivity index (χ0n) is 12.0. The summed E-state index contributed by atoms with van der Waals surface area (Å²) >= 11 is 0. The molecule has 1 aromatic carbocycles. The first-order chi connectivity index (χ1) is 10.8. The zero-order valence-corrected chi connectivity index (χ0v) is 12.0. The van der Waals surface area contributed by atoms with Gasteiger partial charge in [-0.05, 0) is 12.1 Å². The molecule has 0 saturated carbocycles. The second kappa shape index (κ2) is 5.45. The van der Waals surface area contributed by atoms with Crippen LogP contribution in [0, 0.1) is 0 Å². The van der Waals surface area contributed by atoms with Crippen molar-refractivity contribution in [2.24, 2.45) is 12.0 Å². The first kappa shape index (κ1) is 15.1. The third-order valence-corrected chi connectivity index (χ3v) is 3.38. The zero-order chi connectivity index (χ0) is 16.6. The van der Waals surface area contributed by atoms with Gasteiger partial charge in [0.25, 0.3) is 5.91 Å². The van der Waals surface area contributed by atoms with E-state index in [4.69, 9.17) is 0 Å². The highest BCUT2D eigenvalue weighted by Gasteiger charge is 2.34. The molecule has 0 aliphatic carbocycles. The first-order valence-electron chi connectivity index (χ1n) is 6.71. The Kier molecular flexibility index (Phi) is 3.59. The minimum Gasteiger partial charge on any atom is -0.389 e. The highest BCUT2D eigenvalue weighted by molar-refractivity contribution is 6.17. The topological polar surface area (TPSA) is 55.6 Å². The van der Waals surface area contributed by atoms with E-state index in [0.29, 0.717) is 12.3 Å². The van der Waals surface area contributed by atoms with Gasteiger partial charge in [0, 0.05) is 24.5 Å². The van der Waals surface area contributed by atoms with Crippen LogP contribution in [0.4, 0.5) is 18.9 Å². The van der Waals surface area contributed by atoms with E-state index in [1.807, 2.05) is 12.1 Å². The molecular weight excluding hydrogens is 311 g/mol. The molecule has 1 N–H and O–H groups in total. The van der Waals surface area contributed by atoms with Gasteiger partial charge >= 0.3 is 6.36 Å². The number of amides is 1. The number of carbonyl (C=O) groups excluding carboxylic acids is 1. The van der Waals surface area contributed by atoms with E-state index < -0.39 is 18.1 Å². The fraction of sp³-hybridized carbons (Fsp3) is 0.200. The maximum absolute atomic E-state index is 12.5. The summed E-state index contributed by atoms with van der Waals surface area (Å²) in [5.41, 5.74) is 1.84. The average molecular weight is 323 g/mol. The number of benzene rings is 1. The smallest absolute Gasteiger partial charge is 0.389 e. The Balaban J connectivity index is 1.92. The van der Waals surface area contributed by atoms with Crippen LogP contribution in [0.2, 0.25) is 0 Å². The summed E-state index contributed by atoms with van der Waals surface area (Å²) in [4.78, 5) is 16.2. The first-order valence-corrected chi connectivity index (χ1v) is 6.71. The third-order valence-electron chi connectivity index (χ3n) is 3.38. The van der Waals surface area contributed by atoms with E-state index in [1.54, 1.807) is 12.1 Å². The molecule has 2 aromatic rings. The number of ether oxygens (including phenoxy) is 1. The summed E-state index contributed by atoms with van der Waals surface area (Å²) in [6.07, 6.45) is -3.56. The van der Waals surface area contributed by atoms with E-state index in [-0.39, 0.29) is 5.56 Å². The normalized spacial score (nSPS) is 15.4. The lowest BCUT2D eigenvalue weighted by Gasteiger charge is -2.10. The number of nitrogens with zero attached hydrogens (tertiary/aromatic N) is 2. The minimum atomic E-state index is -4.88. The van der Waals surface area contributed by atoms with Crippen LogP contribution in [0.5, 0.6) is 5.88 Å². The summed E-state index contributed by atoms with van der Waals surface area (Å²) in [5.74, 6) is -1.36. The van der Waals surface area contributed by atoms with Gasteiger partial charge in [0.2, 0.25) is 5.88 Å². The van der Waals surface area contributed by atoms with Crippen molar-refractivity contribution in [1.82, 2.24) is 4.57 Å². The second-order valence-electron chi connectivity index (χ2n) is 4.96. The van der Waals surface area contributed by atoms with E-state index in [0.717, 1.165) is 15.8 Å². The number of fused-ring (bicyclic) bond motifs is 1. The van der Waals surface area contributed by atoms with Gasteiger partial charge in [0.1, 0.15) is 5.56 Å². The SMILES string of the molecule is Cn1ccc(C(=O)N=C2CNc3ccccc32)c1OC(F)(F)F. The van der Waals surface area contributed by atoms with E-state index in [9.17, 15) is 18.0 Å². The number of halogens is 3. The molecule has 0 fully saturated rings. The number of rotatable bonds is 2. The Morgan fingerprint density at radius 2 is 2.04 bits per heavy atom. The average Bonchev–Trinajstić information content (AvgIpc) is 3.03. The van der Waals surface area contributed by atoms with Crippen molar-refractivity contribution in [2.45, 2.75) is 6.36 Å². The summed E-state index contributed by atoms with van der Waals surface area (Å²) in [6.45, 7) is 0.341. The highest BCUT2D eigenvalue weighted by Crippen LogP contribution is 2.28. The molecule has 8 heteroatoms. The predicted octanol–water partition coefficient (Wildman–Crippen LogP) is 2.98. The van der Waals surface area contributed by atoms with Crippen molar-refractivity contribution in [2.75, 3.05) is 11.9 Å².